The molecule has 1 fully saturated rings. The summed E-state index contributed by atoms with van der Waals surface area (Å²) in [7, 11) is 0. The molecule has 142 valence electrons. The van der Waals surface area contributed by atoms with E-state index in [1.54, 1.807) is 6.20 Å². The molecule has 8 heteroatoms. The third-order valence-corrected chi connectivity index (χ3v) is 5.63. The molecule has 4 rings (SSSR count). The van der Waals surface area contributed by atoms with E-state index in [1.807, 2.05) is 34.8 Å². The second-order valence-electron chi connectivity index (χ2n) is 6.61. The predicted molar refractivity (Wildman–Crippen MR) is 114 cm³/mol. The minimum absolute atomic E-state index is 0.689. The molecule has 1 aliphatic heterocycles. The summed E-state index contributed by atoms with van der Waals surface area (Å²) in [5.74, 6) is 0.918. The van der Waals surface area contributed by atoms with Crippen LogP contribution in [-0.4, -0.2) is 58.8 Å². The van der Waals surface area contributed by atoms with E-state index in [9.17, 15) is 0 Å². The van der Waals surface area contributed by atoms with E-state index in [0.29, 0.717) is 5.02 Å². The lowest BCUT2D eigenvalue weighted by Gasteiger charge is -2.27. The van der Waals surface area contributed by atoms with Gasteiger partial charge in [-0.1, -0.05) is 29.8 Å². The van der Waals surface area contributed by atoms with Crippen LogP contribution in [0.25, 0.3) is 16.9 Å². The van der Waals surface area contributed by atoms with Crippen LogP contribution in [-0.2, 0) is 0 Å². The fourth-order valence-electron chi connectivity index (χ4n) is 3.32. The number of piperazine rings is 1. The second-order valence-corrected chi connectivity index (χ2v) is 7.87. The summed E-state index contributed by atoms with van der Waals surface area (Å²) in [6.45, 7) is 6.40. The van der Waals surface area contributed by atoms with Crippen LogP contribution in [0, 0.1) is 0 Å². The molecule has 0 atom stereocenters. The van der Waals surface area contributed by atoms with Crippen molar-refractivity contribution in [2.24, 2.45) is 0 Å². The fourth-order valence-corrected chi connectivity index (χ4v) is 3.90. The Balaban J connectivity index is 1.53. The first-order valence-corrected chi connectivity index (χ1v) is 10.4. The molecule has 0 unspecified atom stereocenters. The highest BCUT2D eigenvalue weighted by molar-refractivity contribution is 9.10. The molecule has 0 bridgehead atoms. The Morgan fingerprint density at radius 2 is 2.04 bits per heavy atom. The number of rotatable bonds is 6. The lowest BCUT2D eigenvalue weighted by Crippen LogP contribution is -2.44. The number of hydrogen-bond donors (Lipinski definition) is 2. The van der Waals surface area contributed by atoms with E-state index in [0.717, 1.165) is 72.9 Å². The smallest absolute Gasteiger partial charge is 0.172 e. The zero-order chi connectivity index (χ0) is 18.6. The van der Waals surface area contributed by atoms with Crippen molar-refractivity contribution in [1.29, 1.82) is 0 Å². The van der Waals surface area contributed by atoms with Crippen LogP contribution < -0.4 is 10.6 Å². The van der Waals surface area contributed by atoms with Crippen LogP contribution in [0.4, 0.5) is 5.82 Å². The zero-order valence-electron chi connectivity index (χ0n) is 15.0. The second kappa shape index (κ2) is 8.56. The average Bonchev–Trinajstić information content (AvgIpc) is 3.07. The maximum absolute atomic E-state index is 6.38. The third kappa shape index (κ3) is 4.27. The van der Waals surface area contributed by atoms with Crippen molar-refractivity contribution >= 4 is 39.0 Å². The summed E-state index contributed by atoms with van der Waals surface area (Å²) in [4.78, 5) is 7.24. The number of benzene rings is 1. The monoisotopic (exact) mass is 448 g/mol. The lowest BCUT2D eigenvalue weighted by atomic mass is 10.1. The Morgan fingerprint density at radius 1 is 1.22 bits per heavy atom. The van der Waals surface area contributed by atoms with E-state index < -0.39 is 0 Å². The van der Waals surface area contributed by atoms with Crippen molar-refractivity contribution in [3.63, 3.8) is 0 Å². The topological polar surface area (TPSA) is 57.5 Å². The first-order chi connectivity index (χ1) is 13.2. The fraction of sp³-hybridized carbons (Fsp3) is 0.368. The van der Waals surface area contributed by atoms with Gasteiger partial charge in [-0.15, -0.1) is 0 Å². The van der Waals surface area contributed by atoms with Gasteiger partial charge in [0, 0.05) is 49.4 Å². The third-order valence-electron chi connectivity index (χ3n) is 4.75. The quantitative estimate of drug-likeness (QED) is 0.564. The Morgan fingerprint density at radius 3 is 2.85 bits per heavy atom. The van der Waals surface area contributed by atoms with Gasteiger partial charge < -0.3 is 15.5 Å². The van der Waals surface area contributed by atoms with Gasteiger partial charge in [0.05, 0.1) is 16.4 Å². The standard InChI is InChI=1S/C19H22BrClN6/c20-15-13-24-27-18(23-6-3-9-26-10-7-22-8-11-26)12-17(25-19(15)27)14-4-1-2-5-16(14)21/h1-2,4-5,12-13,22-23H,3,6-11H2. The molecule has 1 saturated heterocycles. The van der Waals surface area contributed by atoms with Crippen LogP contribution in [0.2, 0.25) is 5.02 Å². The number of aromatic nitrogens is 3. The van der Waals surface area contributed by atoms with E-state index >= 15 is 0 Å². The molecule has 3 heterocycles. The van der Waals surface area contributed by atoms with E-state index in [1.165, 1.54) is 0 Å². The van der Waals surface area contributed by atoms with Crippen LogP contribution in [0.15, 0.2) is 41.0 Å². The SMILES string of the molecule is Clc1ccccc1-c1cc(NCCCN2CCNCC2)n2ncc(Br)c2n1. The minimum atomic E-state index is 0.689. The summed E-state index contributed by atoms with van der Waals surface area (Å²) in [5, 5.41) is 12.0. The van der Waals surface area contributed by atoms with E-state index in [2.05, 4.69) is 36.6 Å². The van der Waals surface area contributed by atoms with Crippen LogP contribution in [0.5, 0.6) is 0 Å². The summed E-state index contributed by atoms with van der Waals surface area (Å²) >= 11 is 9.92. The van der Waals surface area contributed by atoms with Gasteiger partial charge in [-0.2, -0.15) is 9.61 Å². The molecule has 0 radical (unpaired) electrons. The summed E-state index contributed by atoms with van der Waals surface area (Å²) in [6, 6.07) is 9.78. The highest BCUT2D eigenvalue weighted by Crippen LogP contribution is 2.30. The highest BCUT2D eigenvalue weighted by Gasteiger charge is 2.13. The molecule has 0 aliphatic carbocycles. The molecule has 2 aromatic heterocycles. The van der Waals surface area contributed by atoms with Crippen molar-refractivity contribution in [1.82, 2.24) is 24.8 Å². The van der Waals surface area contributed by atoms with Crippen LogP contribution >= 0.6 is 27.5 Å². The number of hydrogen-bond acceptors (Lipinski definition) is 5. The Kier molecular flexibility index (Phi) is 5.92. The maximum Gasteiger partial charge on any atom is 0.172 e. The van der Waals surface area contributed by atoms with Gasteiger partial charge in [-0.05, 0) is 35.0 Å². The molecular formula is C19H22BrClN6. The summed E-state index contributed by atoms with van der Waals surface area (Å²) in [5.41, 5.74) is 2.52. The Hall–Kier alpha value is -1.67. The van der Waals surface area contributed by atoms with Crippen molar-refractivity contribution < 1.29 is 0 Å². The first kappa shape index (κ1) is 18.7. The van der Waals surface area contributed by atoms with Gasteiger partial charge >= 0.3 is 0 Å². The number of nitrogens with zero attached hydrogens (tertiary/aromatic N) is 4. The molecule has 0 saturated carbocycles. The maximum atomic E-state index is 6.38. The Bertz CT molecular complexity index is 922. The van der Waals surface area contributed by atoms with Gasteiger partial charge in [0.1, 0.15) is 5.82 Å². The highest BCUT2D eigenvalue weighted by atomic mass is 79.9. The largest absolute Gasteiger partial charge is 0.370 e. The molecule has 1 aromatic carbocycles. The van der Waals surface area contributed by atoms with Crippen LogP contribution in [0.3, 0.4) is 0 Å². The van der Waals surface area contributed by atoms with Crippen molar-refractivity contribution in [2.45, 2.75) is 6.42 Å². The van der Waals surface area contributed by atoms with Gasteiger partial charge in [0.25, 0.3) is 0 Å². The summed E-state index contributed by atoms with van der Waals surface area (Å²) < 4.78 is 2.69. The number of nitrogens with one attached hydrogen (secondary N) is 2. The van der Waals surface area contributed by atoms with Crippen LogP contribution in [0.1, 0.15) is 6.42 Å². The number of anilines is 1. The molecular weight excluding hydrogens is 428 g/mol. The Labute approximate surface area is 172 Å². The molecule has 0 spiro atoms. The number of halogens is 2. The van der Waals surface area contributed by atoms with Crippen molar-refractivity contribution in [2.75, 3.05) is 44.6 Å². The van der Waals surface area contributed by atoms with Gasteiger partial charge in [0.15, 0.2) is 5.65 Å². The number of fused-ring (bicyclic) bond motifs is 1. The molecule has 3 aromatic rings. The zero-order valence-corrected chi connectivity index (χ0v) is 17.3. The van der Waals surface area contributed by atoms with E-state index in [4.69, 9.17) is 16.6 Å². The van der Waals surface area contributed by atoms with Crippen molar-refractivity contribution in [3.05, 3.63) is 46.0 Å². The van der Waals surface area contributed by atoms with Crippen molar-refractivity contribution in [3.8, 4) is 11.3 Å². The molecule has 27 heavy (non-hydrogen) atoms. The molecule has 0 amide bonds. The summed E-state index contributed by atoms with van der Waals surface area (Å²) in [6.07, 6.45) is 2.85. The molecule has 1 aliphatic rings. The van der Waals surface area contributed by atoms with Gasteiger partial charge in [0.2, 0.25) is 0 Å². The molecule has 2 N–H and O–H groups in total. The van der Waals surface area contributed by atoms with E-state index in [-0.39, 0.29) is 0 Å². The lowest BCUT2D eigenvalue weighted by molar-refractivity contribution is 0.240. The van der Waals surface area contributed by atoms with Gasteiger partial charge in [-0.3, -0.25) is 0 Å². The molecule has 6 nitrogen and oxygen atoms in total. The predicted octanol–water partition coefficient (Wildman–Crippen LogP) is 3.52. The minimum Gasteiger partial charge on any atom is -0.370 e. The normalized spacial score (nSPS) is 15.3. The first-order valence-electron chi connectivity index (χ1n) is 9.18. The average molecular weight is 450 g/mol. The van der Waals surface area contributed by atoms with Gasteiger partial charge in [-0.25, -0.2) is 4.98 Å².